The van der Waals surface area contributed by atoms with Crippen molar-refractivity contribution in [2.24, 2.45) is 0 Å². The number of rotatable bonds is 5. The minimum atomic E-state index is -0.0938. The highest BCUT2D eigenvalue weighted by Gasteiger charge is 2.13. The quantitative estimate of drug-likeness (QED) is 0.785. The van der Waals surface area contributed by atoms with Crippen LogP contribution in [0.3, 0.4) is 0 Å². The van der Waals surface area contributed by atoms with E-state index < -0.39 is 0 Å². The van der Waals surface area contributed by atoms with Gasteiger partial charge in [-0.05, 0) is 56.9 Å². The Kier molecular flexibility index (Phi) is 4.45. The Morgan fingerprint density at radius 2 is 2.15 bits per heavy atom. The highest BCUT2D eigenvalue weighted by Crippen LogP contribution is 2.22. The minimum absolute atomic E-state index is 0.0592. The number of benzene rings is 1. The van der Waals surface area contributed by atoms with Gasteiger partial charge in [-0.1, -0.05) is 6.07 Å². The number of carbonyl (C=O) groups excluding carboxylic acids is 1. The zero-order chi connectivity index (χ0) is 14.7. The molecule has 0 aliphatic rings. The molecule has 0 bridgehead atoms. The summed E-state index contributed by atoms with van der Waals surface area (Å²) in [6.45, 7) is 6.24. The van der Waals surface area contributed by atoms with Crippen LogP contribution < -0.4 is 5.32 Å². The largest absolute Gasteiger partial charge is 0.396 e. The van der Waals surface area contributed by atoms with Gasteiger partial charge in [-0.25, -0.2) is 0 Å². The van der Waals surface area contributed by atoms with Gasteiger partial charge in [0.15, 0.2) is 0 Å². The Balaban J connectivity index is 2.17. The molecule has 1 aromatic carbocycles. The van der Waals surface area contributed by atoms with E-state index in [9.17, 15) is 4.79 Å². The zero-order valence-electron chi connectivity index (χ0n) is 12.3. The third-order valence-electron chi connectivity index (χ3n) is 3.76. The summed E-state index contributed by atoms with van der Waals surface area (Å²) in [5.74, 6) is -0.0938. The molecule has 0 spiro atoms. The molecular weight excluding hydrogens is 252 g/mol. The molecule has 0 fully saturated rings. The lowest BCUT2D eigenvalue weighted by atomic mass is 10.1. The molecular formula is C16H22N2O2. The molecule has 4 nitrogen and oxygen atoms in total. The first-order valence-corrected chi connectivity index (χ1v) is 7.03. The summed E-state index contributed by atoms with van der Waals surface area (Å²) in [4.78, 5) is 15.3. The van der Waals surface area contributed by atoms with Gasteiger partial charge < -0.3 is 15.4 Å². The molecule has 0 saturated carbocycles. The fourth-order valence-electron chi connectivity index (χ4n) is 2.35. The first-order valence-electron chi connectivity index (χ1n) is 7.03. The van der Waals surface area contributed by atoms with Gasteiger partial charge in [0, 0.05) is 23.6 Å². The molecule has 2 rings (SSSR count). The number of carbonyl (C=O) groups is 1. The Morgan fingerprint density at radius 1 is 1.40 bits per heavy atom. The lowest BCUT2D eigenvalue weighted by Crippen LogP contribution is -2.32. The van der Waals surface area contributed by atoms with Crippen molar-refractivity contribution in [3.8, 4) is 0 Å². The molecule has 0 saturated heterocycles. The molecule has 0 radical (unpaired) electrons. The zero-order valence-corrected chi connectivity index (χ0v) is 12.3. The maximum atomic E-state index is 12.2. The van der Waals surface area contributed by atoms with Crippen LogP contribution in [0.25, 0.3) is 10.9 Å². The van der Waals surface area contributed by atoms with Crippen molar-refractivity contribution in [1.29, 1.82) is 0 Å². The van der Waals surface area contributed by atoms with Crippen molar-refractivity contribution in [1.82, 2.24) is 10.3 Å². The predicted octanol–water partition coefficient (Wildman–Crippen LogP) is 2.68. The summed E-state index contributed by atoms with van der Waals surface area (Å²) in [5.41, 5.74) is 4.00. The number of aliphatic hydroxyl groups is 1. The second-order valence-corrected chi connectivity index (χ2v) is 5.39. The molecule has 0 aliphatic heterocycles. The molecule has 1 amide bonds. The Bertz CT molecular complexity index is 616. The molecule has 1 aromatic heterocycles. The van der Waals surface area contributed by atoms with Crippen molar-refractivity contribution in [2.45, 2.75) is 39.7 Å². The van der Waals surface area contributed by atoms with Crippen molar-refractivity contribution in [3.63, 3.8) is 0 Å². The van der Waals surface area contributed by atoms with Crippen molar-refractivity contribution in [2.75, 3.05) is 6.61 Å². The third kappa shape index (κ3) is 3.02. The lowest BCUT2D eigenvalue weighted by molar-refractivity contribution is 0.0932. The molecule has 1 heterocycles. The molecule has 1 unspecified atom stereocenters. The van der Waals surface area contributed by atoms with E-state index in [0.717, 1.165) is 17.3 Å². The summed E-state index contributed by atoms with van der Waals surface area (Å²) in [5, 5.41) is 12.8. The summed E-state index contributed by atoms with van der Waals surface area (Å²) in [6, 6.07) is 6.03. The van der Waals surface area contributed by atoms with Crippen molar-refractivity contribution < 1.29 is 9.90 Å². The maximum absolute atomic E-state index is 12.2. The second kappa shape index (κ2) is 6.09. The summed E-state index contributed by atoms with van der Waals surface area (Å²) in [7, 11) is 0. The number of hydrogen-bond donors (Lipinski definition) is 3. The predicted molar refractivity (Wildman–Crippen MR) is 81.0 cm³/mol. The normalized spacial score (nSPS) is 12.6. The summed E-state index contributed by atoms with van der Waals surface area (Å²) < 4.78 is 0. The number of hydrogen-bond acceptors (Lipinski definition) is 2. The fraction of sp³-hybridized carbons (Fsp3) is 0.438. The van der Waals surface area contributed by atoms with Crippen LogP contribution in [0.15, 0.2) is 18.2 Å². The van der Waals surface area contributed by atoms with Crippen LogP contribution in [0.5, 0.6) is 0 Å². The summed E-state index contributed by atoms with van der Waals surface area (Å²) >= 11 is 0. The maximum Gasteiger partial charge on any atom is 0.267 e. The number of H-pyrrole nitrogens is 1. The number of aliphatic hydroxyl groups excluding tert-OH is 1. The number of aromatic nitrogens is 1. The fourth-order valence-corrected chi connectivity index (χ4v) is 2.35. The molecule has 3 N–H and O–H groups in total. The molecule has 2 aromatic rings. The Morgan fingerprint density at radius 3 is 2.85 bits per heavy atom. The van der Waals surface area contributed by atoms with Crippen molar-refractivity contribution in [3.05, 3.63) is 35.0 Å². The van der Waals surface area contributed by atoms with Gasteiger partial charge in [-0.3, -0.25) is 4.79 Å². The van der Waals surface area contributed by atoms with Gasteiger partial charge in [-0.2, -0.15) is 0 Å². The molecule has 0 aliphatic carbocycles. The second-order valence-electron chi connectivity index (χ2n) is 5.39. The van der Waals surface area contributed by atoms with Crippen LogP contribution in [0.2, 0.25) is 0 Å². The van der Waals surface area contributed by atoms with Crippen LogP contribution in [0.1, 0.15) is 41.4 Å². The van der Waals surface area contributed by atoms with E-state index in [1.807, 2.05) is 19.1 Å². The van der Waals surface area contributed by atoms with E-state index in [0.29, 0.717) is 12.1 Å². The third-order valence-corrected chi connectivity index (χ3v) is 3.76. The van der Waals surface area contributed by atoms with Crippen molar-refractivity contribution >= 4 is 16.8 Å². The van der Waals surface area contributed by atoms with Crippen LogP contribution in [-0.2, 0) is 0 Å². The number of aromatic amines is 1. The average molecular weight is 274 g/mol. The van der Waals surface area contributed by atoms with E-state index in [2.05, 4.69) is 30.2 Å². The van der Waals surface area contributed by atoms with E-state index in [4.69, 9.17) is 5.11 Å². The summed E-state index contributed by atoms with van der Waals surface area (Å²) in [6.07, 6.45) is 1.48. The van der Waals surface area contributed by atoms with Gasteiger partial charge in [0.1, 0.15) is 5.69 Å². The molecule has 20 heavy (non-hydrogen) atoms. The molecule has 1 atom stereocenters. The van der Waals surface area contributed by atoms with Crippen LogP contribution in [0.4, 0.5) is 0 Å². The SMILES string of the molecule is Cc1ccc2[nH]c(C(=O)NC(C)CCCO)cc2c1C. The number of fused-ring (bicyclic) bond motifs is 1. The molecule has 108 valence electrons. The van der Waals surface area contributed by atoms with Gasteiger partial charge in [0.2, 0.25) is 0 Å². The first-order chi connectivity index (χ1) is 9.52. The van der Waals surface area contributed by atoms with E-state index in [1.54, 1.807) is 0 Å². The van der Waals surface area contributed by atoms with Gasteiger partial charge >= 0.3 is 0 Å². The standard InChI is InChI=1S/C16H22N2O2/c1-10-6-7-14-13(12(10)3)9-15(18-14)16(20)17-11(2)5-4-8-19/h6-7,9,11,18-19H,4-5,8H2,1-3H3,(H,17,20). The highest BCUT2D eigenvalue weighted by molar-refractivity contribution is 5.99. The smallest absolute Gasteiger partial charge is 0.267 e. The van der Waals surface area contributed by atoms with E-state index in [1.165, 1.54) is 11.1 Å². The first kappa shape index (κ1) is 14.6. The Labute approximate surface area is 119 Å². The van der Waals surface area contributed by atoms with Crippen LogP contribution >= 0.6 is 0 Å². The highest BCUT2D eigenvalue weighted by atomic mass is 16.3. The van der Waals surface area contributed by atoms with Crippen LogP contribution in [-0.4, -0.2) is 28.6 Å². The van der Waals surface area contributed by atoms with Gasteiger partial charge in [0.05, 0.1) is 0 Å². The molecule has 4 heteroatoms. The van der Waals surface area contributed by atoms with Crippen LogP contribution in [0, 0.1) is 13.8 Å². The Hall–Kier alpha value is -1.81. The minimum Gasteiger partial charge on any atom is -0.396 e. The van der Waals surface area contributed by atoms with Gasteiger partial charge in [0.25, 0.3) is 5.91 Å². The van der Waals surface area contributed by atoms with E-state index >= 15 is 0 Å². The van der Waals surface area contributed by atoms with Gasteiger partial charge in [-0.15, -0.1) is 0 Å². The number of amides is 1. The monoisotopic (exact) mass is 274 g/mol. The van der Waals surface area contributed by atoms with E-state index in [-0.39, 0.29) is 18.6 Å². The number of nitrogens with one attached hydrogen (secondary N) is 2. The lowest BCUT2D eigenvalue weighted by Gasteiger charge is -2.12. The average Bonchev–Trinajstić information content (AvgIpc) is 2.85. The number of aryl methyl sites for hydroxylation is 2. The topological polar surface area (TPSA) is 65.1 Å².